The minimum Gasteiger partial charge on any atom is -0.326 e. The van der Waals surface area contributed by atoms with Gasteiger partial charge in [-0.2, -0.15) is 13.2 Å². The summed E-state index contributed by atoms with van der Waals surface area (Å²) < 4.78 is 41.1. The van der Waals surface area contributed by atoms with Crippen molar-refractivity contribution in [3.05, 3.63) is 58.6 Å². The molecule has 0 aliphatic heterocycles. The minimum absolute atomic E-state index is 0.626. The maximum absolute atomic E-state index is 12.4. The second-order valence-electron chi connectivity index (χ2n) is 3.73. The molecule has 0 spiro atoms. The van der Waals surface area contributed by atoms with Crippen LogP contribution in [0.4, 0.5) is 18.9 Å². The van der Waals surface area contributed by atoms with Gasteiger partial charge in [0.05, 0.1) is 5.56 Å². The molecular formula is C13H9BrF3NS. The van der Waals surface area contributed by atoms with Crippen molar-refractivity contribution in [3.8, 4) is 0 Å². The van der Waals surface area contributed by atoms with Crippen LogP contribution in [0.1, 0.15) is 5.56 Å². The van der Waals surface area contributed by atoms with Crippen molar-refractivity contribution < 1.29 is 13.2 Å². The summed E-state index contributed by atoms with van der Waals surface area (Å²) in [7, 11) is 0. The van der Waals surface area contributed by atoms with Crippen LogP contribution in [0, 0.1) is 0 Å². The molecule has 0 bridgehead atoms. The summed E-state index contributed by atoms with van der Waals surface area (Å²) in [6, 6.07) is 12.6. The summed E-state index contributed by atoms with van der Waals surface area (Å²) in [5, 5.41) is 0. The number of hydrogen-bond acceptors (Lipinski definition) is 2. The number of hydrogen-bond donors (Lipinski definition) is 1. The summed E-state index contributed by atoms with van der Waals surface area (Å²) in [6.45, 7) is 0. The van der Waals surface area contributed by atoms with E-state index in [4.69, 9.17) is 0 Å². The van der Waals surface area contributed by atoms with Crippen LogP contribution in [0.5, 0.6) is 0 Å². The van der Waals surface area contributed by atoms with Crippen LogP contribution < -0.4 is 4.72 Å². The molecular weight excluding hydrogens is 339 g/mol. The van der Waals surface area contributed by atoms with Gasteiger partial charge in [0.2, 0.25) is 0 Å². The van der Waals surface area contributed by atoms with Gasteiger partial charge < -0.3 is 4.72 Å². The monoisotopic (exact) mass is 347 g/mol. The van der Waals surface area contributed by atoms with Crippen LogP contribution in [0.15, 0.2) is 57.9 Å². The zero-order chi connectivity index (χ0) is 13.9. The maximum atomic E-state index is 12.4. The van der Waals surface area contributed by atoms with Gasteiger partial charge in [-0.1, -0.05) is 15.9 Å². The molecule has 2 aromatic carbocycles. The number of anilines is 1. The highest BCUT2D eigenvalue weighted by atomic mass is 79.9. The third kappa shape index (κ3) is 4.18. The zero-order valence-electron chi connectivity index (χ0n) is 9.54. The summed E-state index contributed by atoms with van der Waals surface area (Å²) in [6.07, 6.45) is -4.29. The topological polar surface area (TPSA) is 12.0 Å². The van der Waals surface area contributed by atoms with E-state index in [1.165, 1.54) is 24.1 Å². The number of rotatable bonds is 3. The first kappa shape index (κ1) is 14.3. The molecule has 0 fully saturated rings. The van der Waals surface area contributed by atoms with Gasteiger partial charge in [-0.15, -0.1) is 0 Å². The standard InChI is InChI=1S/C13H9BrF3NS/c14-10-3-7-12(8-4-10)19-18-11-5-1-9(2-6-11)13(15,16)17/h1-8,18H. The molecule has 19 heavy (non-hydrogen) atoms. The minimum atomic E-state index is -4.29. The van der Waals surface area contributed by atoms with Gasteiger partial charge in [0, 0.05) is 15.1 Å². The molecule has 0 aliphatic carbocycles. The Morgan fingerprint density at radius 1 is 0.895 bits per heavy atom. The van der Waals surface area contributed by atoms with E-state index in [0.29, 0.717) is 5.69 Å². The van der Waals surface area contributed by atoms with Crippen molar-refractivity contribution in [3.63, 3.8) is 0 Å². The molecule has 0 heterocycles. The van der Waals surface area contributed by atoms with E-state index >= 15 is 0 Å². The van der Waals surface area contributed by atoms with E-state index in [1.807, 2.05) is 24.3 Å². The molecule has 1 N–H and O–H groups in total. The summed E-state index contributed by atoms with van der Waals surface area (Å²) in [5.74, 6) is 0. The maximum Gasteiger partial charge on any atom is 0.416 e. The van der Waals surface area contributed by atoms with Crippen molar-refractivity contribution in [1.82, 2.24) is 0 Å². The Morgan fingerprint density at radius 2 is 1.47 bits per heavy atom. The quantitative estimate of drug-likeness (QED) is 0.726. The van der Waals surface area contributed by atoms with Gasteiger partial charge in [0.1, 0.15) is 0 Å². The summed E-state index contributed by atoms with van der Waals surface area (Å²) >= 11 is 4.68. The normalized spacial score (nSPS) is 11.4. The summed E-state index contributed by atoms with van der Waals surface area (Å²) in [5.41, 5.74) is -0.0207. The first-order valence-corrected chi connectivity index (χ1v) is 6.92. The van der Waals surface area contributed by atoms with E-state index in [9.17, 15) is 13.2 Å². The van der Waals surface area contributed by atoms with Gasteiger partial charge >= 0.3 is 6.18 Å². The van der Waals surface area contributed by atoms with Crippen LogP contribution in [-0.2, 0) is 6.18 Å². The lowest BCUT2D eigenvalue weighted by atomic mass is 10.2. The van der Waals surface area contributed by atoms with Crippen molar-refractivity contribution >= 4 is 33.6 Å². The number of benzene rings is 2. The Labute approximate surface area is 121 Å². The zero-order valence-corrected chi connectivity index (χ0v) is 11.9. The summed E-state index contributed by atoms with van der Waals surface area (Å²) in [4.78, 5) is 0.975. The highest BCUT2D eigenvalue weighted by molar-refractivity contribution is 9.10. The average molecular weight is 348 g/mol. The fourth-order valence-electron chi connectivity index (χ4n) is 1.35. The van der Waals surface area contributed by atoms with Crippen LogP contribution in [0.2, 0.25) is 0 Å². The van der Waals surface area contributed by atoms with Gasteiger partial charge in [0.25, 0.3) is 0 Å². The first-order valence-electron chi connectivity index (χ1n) is 5.31. The van der Waals surface area contributed by atoms with E-state index in [0.717, 1.165) is 21.5 Å². The highest BCUT2D eigenvalue weighted by Gasteiger charge is 2.29. The van der Waals surface area contributed by atoms with E-state index in [-0.39, 0.29) is 0 Å². The van der Waals surface area contributed by atoms with Gasteiger partial charge in [-0.25, -0.2) is 0 Å². The predicted molar refractivity (Wildman–Crippen MR) is 75.1 cm³/mol. The van der Waals surface area contributed by atoms with Crippen LogP contribution >= 0.6 is 27.9 Å². The van der Waals surface area contributed by atoms with Gasteiger partial charge in [0.15, 0.2) is 0 Å². The number of nitrogens with one attached hydrogen (secondary N) is 1. The number of halogens is 4. The Kier molecular flexibility index (Phi) is 4.42. The lowest BCUT2D eigenvalue weighted by Gasteiger charge is -2.09. The molecule has 0 amide bonds. The molecule has 6 heteroatoms. The lowest BCUT2D eigenvalue weighted by molar-refractivity contribution is -0.137. The largest absolute Gasteiger partial charge is 0.416 e. The van der Waals surface area contributed by atoms with Crippen molar-refractivity contribution in [2.24, 2.45) is 0 Å². The van der Waals surface area contributed by atoms with Gasteiger partial charge in [-0.3, -0.25) is 0 Å². The van der Waals surface area contributed by atoms with Crippen LogP contribution in [-0.4, -0.2) is 0 Å². The highest BCUT2D eigenvalue weighted by Crippen LogP contribution is 2.30. The molecule has 2 rings (SSSR count). The molecule has 0 saturated carbocycles. The molecule has 0 atom stereocenters. The Morgan fingerprint density at radius 3 is 2.00 bits per heavy atom. The van der Waals surface area contributed by atoms with E-state index in [2.05, 4.69) is 20.7 Å². The Hall–Kier alpha value is -1.14. The molecule has 0 radical (unpaired) electrons. The van der Waals surface area contributed by atoms with Crippen molar-refractivity contribution in [1.29, 1.82) is 0 Å². The van der Waals surface area contributed by atoms with E-state index in [1.54, 1.807) is 0 Å². The third-order valence-electron chi connectivity index (χ3n) is 2.31. The number of alkyl halides is 3. The predicted octanol–water partition coefficient (Wildman–Crippen LogP) is 5.59. The second kappa shape index (κ2) is 5.88. The van der Waals surface area contributed by atoms with Crippen LogP contribution in [0.3, 0.4) is 0 Å². The molecule has 0 aromatic heterocycles. The molecule has 100 valence electrons. The fraction of sp³-hybridized carbons (Fsp3) is 0.0769. The fourth-order valence-corrected chi connectivity index (χ4v) is 2.26. The molecule has 0 unspecified atom stereocenters. The second-order valence-corrected chi connectivity index (χ2v) is 5.53. The van der Waals surface area contributed by atoms with E-state index < -0.39 is 11.7 Å². The van der Waals surface area contributed by atoms with Crippen LogP contribution in [0.25, 0.3) is 0 Å². The molecule has 0 aliphatic rings. The SMILES string of the molecule is FC(F)(F)c1ccc(NSc2ccc(Br)cc2)cc1. The lowest BCUT2D eigenvalue weighted by Crippen LogP contribution is -2.04. The Balaban J connectivity index is 1.98. The molecule has 0 saturated heterocycles. The van der Waals surface area contributed by atoms with Crippen molar-refractivity contribution in [2.45, 2.75) is 11.1 Å². The van der Waals surface area contributed by atoms with Gasteiger partial charge in [-0.05, 0) is 60.5 Å². The smallest absolute Gasteiger partial charge is 0.326 e. The Bertz CT molecular complexity index is 537. The molecule has 1 nitrogen and oxygen atoms in total. The third-order valence-corrected chi connectivity index (χ3v) is 3.69. The average Bonchev–Trinajstić information content (AvgIpc) is 2.37. The molecule has 2 aromatic rings. The van der Waals surface area contributed by atoms with Crippen molar-refractivity contribution in [2.75, 3.05) is 4.72 Å². The first-order chi connectivity index (χ1) is 8.95.